The molecule has 1 fully saturated rings. The highest BCUT2D eigenvalue weighted by Crippen LogP contribution is 2.19. The Morgan fingerprint density at radius 3 is 2.18 bits per heavy atom. The smallest absolute Gasteiger partial charge is 0.332 e. The highest BCUT2D eigenvalue weighted by Gasteiger charge is 2.34. The predicted molar refractivity (Wildman–Crippen MR) is 33.1 cm³/mol. The fourth-order valence-electron chi connectivity index (χ4n) is 0.971. The van der Waals surface area contributed by atoms with E-state index in [4.69, 9.17) is 14.9 Å². The second-order valence-electron chi connectivity index (χ2n) is 2.43. The van der Waals surface area contributed by atoms with Gasteiger partial charge in [0.1, 0.15) is 0 Å². The van der Waals surface area contributed by atoms with Crippen molar-refractivity contribution in [1.82, 2.24) is 0 Å². The number of ether oxygens (including phenoxy) is 1. The third kappa shape index (κ3) is 1.68. The molecule has 0 radical (unpaired) electrons. The van der Waals surface area contributed by atoms with Crippen molar-refractivity contribution < 1.29 is 24.5 Å². The summed E-state index contributed by atoms with van der Waals surface area (Å²) < 4.78 is 4.71. The van der Waals surface area contributed by atoms with Crippen molar-refractivity contribution in [3.05, 3.63) is 0 Å². The van der Waals surface area contributed by atoms with Gasteiger partial charge in [-0.15, -0.1) is 0 Å². The van der Waals surface area contributed by atoms with Crippen LogP contribution in [0.1, 0.15) is 6.42 Å². The Labute approximate surface area is 62.6 Å². The van der Waals surface area contributed by atoms with Crippen LogP contribution >= 0.6 is 0 Å². The van der Waals surface area contributed by atoms with Crippen molar-refractivity contribution in [3.8, 4) is 0 Å². The first-order valence-corrected chi connectivity index (χ1v) is 3.18. The van der Waals surface area contributed by atoms with Crippen molar-refractivity contribution >= 4 is 11.9 Å². The van der Waals surface area contributed by atoms with E-state index in [0.717, 1.165) is 0 Å². The maximum Gasteiger partial charge on any atom is 0.332 e. The van der Waals surface area contributed by atoms with Gasteiger partial charge in [0.15, 0.2) is 6.10 Å². The van der Waals surface area contributed by atoms with Crippen molar-refractivity contribution in [1.29, 1.82) is 0 Å². The van der Waals surface area contributed by atoms with Crippen molar-refractivity contribution in [3.63, 3.8) is 0 Å². The Kier molecular flexibility index (Phi) is 2.09. The Morgan fingerprint density at radius 1 is 1.27 bits per heavy atom. The lowest BCUT2D eigenvalue weighted by Gasteiger charge is -1.99. The average Bonchev–Trinajstić information content (AvgIpc) is 2.33. The third-order valence-corrected chi connectivity index (χ3v) is 1.62. The minimum atomic E-state index is -1.09. The van der Waals surface area contributed by atoms with Gasteiger partial charge in [0.2, 0.25) is 0 Å². The summed E-state index contributed by atoms with van der Waals surface area (Å²) in [4.78, 5) is 20.5. The maximum absolute atomic E-state index is 10.3. The van der Waals surface area contributed by atoms with E-state index in [1.54, 1.807) is 0 Å². The van der Waals surface area contributed by atoms with E-state index in [-0.39, 0.29) is 13.0 Å². The highest BCUT2D eigenvalue weighted by molar-refractivity contribution is 5.76. The molecule has 0 saturated carbocycles. The number of hydrogen-bond acceptors (Lipinski definition) is 3. The van der Waals surface area contributed by atoms with E-state index in [0.29, 0.717) is 0 Å². The Morgan fingerprint density at radius 2 is 1.91 bits per heavy atom. The summed E-state index contributed by atoms with van der Waals surface area (Å²) in [6.07, 6.45) is -0.860. The van der Waals surface area contributed by atoms with E-state index in [1.807, 2.05) is 0 Å². The molecule has 0 aliphatic carbocycles. The molecule has 2 atom stereocenters. The highest BCUT2D eigenvalue weighted by atomic mass is 16.5. The van der Waals surface area contributed by atoms with Gasteiger partial charge in [-0.25, -0.2) is 4.79 Å². The lowest BCUT2D eigenvalue weighted by molar-refractivity contribution is -0.147. The first-order chi connectivity index (χ1) is 5.11. The molecule has 0 aromatic heterocycles. The minimum Gasteiger partial charge on any atom is -0.481 e. The van der Waals surface area contributed by atoms with Crippen LogP contribution in [0.25, 0.3) is 0 Å². The normalized spacial score (nSPS) is 30.2. The fraction of sp³-hybridized carbons (Fsp3) is 0.667. The van der Waals surface area contributed by atoms with Crippen LogP contribution in [0.4, 0.5) is 0 Å². The number of carboxylic acids is 2. The van der Waals surface area contributed by atoms with Crippen LogP contribution in [0.3, 0.4) is 0 Å². The molecular formula is C6H8O5. The minimum absolute atomic E-state index is 0.00625. The summed E-state index contributed by atoms with van der Waals surface area (Å²) in [7, 11) is 0. The molecule has 5 nitrogen and oxygen atoms in total. The van der Waals surface area contributed by atoms with Crippen LogP contribution in [-0.2, 0) is 14.3 Å². The van der Waals surface area contributed by atoms with Gasteiger partial charge in [-0.05, 0) is 6.42 Å². The Hall–Kier alpha value is -1.10. The number of hydrogen-bond donors (Lipinski definition) is 2. The number of rotatable bonds is 2. The van der Waals surface area contributed by atoms with Gasteiger partial charge in [-0.2, -0.15) is 0 Å². The van der Waals surface area contributed by atoms with E-state index in [2.05, 4.69) is 0 Å². The second kappa shape index (κ2) is 2.87. The second-order valence-corrected chi connectivity index (χ2v) is 2.43. The summed E-state index contributed by atoms with van der Waals surface area (Å²) in [5.41, 5.74) is 0. The molecule has 0 aromatic rings. The number of carbonyl (C=O) groups is 2. The van der Waals surface area contributed by atoms with E-state index >= 15 is 0 Å². The predicted octanol–water partition coefficient (Wildman–Crippen LogP) is -0.439. The summed E-state index contributed by atoms with van der Waals surface area (Å²) >= 11 is 0. The zero-order valence-electron chi connectivity index (χ0n) is 5.69. The monoisotopic (exact) mass is 160 g/mol. The summed E-state index contributed by atoms with van der Waals surface area (Å²) in [5.74, 6) is -2.74. The maximum atomic E-state index is 10.3. The van der Waals surface area contributed by atoms with E-state index < -0.39 is 24.0 Å². The van der Waals surface area contributed by atoms with Gasteiger partial charge < -0.3 is 14.9 Å². The average molecular weight is 160 g/mol. The van der Waals surface area contributed by atoms with Gasteiger partial charge in [0.25, 0.3) is 0 Å². The first-order valence-electron chi connectivity index (χ1n) is 3.18. The zero-order valence-corrected chi connectivity index (χ0v) is 5.69. The molecule has 0 bridgehead atoms. The number of carboxylic acid groups (broad SMARTS) is 2. The molecule has 1 aliphatic heterocycles. The van der Waals surface area contributed by atoms with Crippen LogP contribution < -0.4 is 0 Å². The third-order valence-electron chi connectivity index (χ3n) is 1.62. The van der Waals surface area contributed by atoms with Crippen molar-refractivity contribution in [2.45, 2.75) is 12.5 Å². The molecule has 0 unspecified atom stereocenters. The van der Waals surface area contributed by atoms with E-state index in [9.17, 15) is 9.59 Å². The SMILES string of the molecule is O=C(O)[C@@H]1CO[C@@H](C(=O)O)C1. The quantitative estimate of drug-likeness (QED) is 0.572. The van der Waals surface area contributed by atoms with Crippen LogP contribution in [0.5, 0.6) is 0 Å². The summed E-state index contributed by atoms with van der Waals surface area (Å²) in [6, 6.07) is 0. The van der Waals surface area contributed by atoms with Crippen molar-refractivity contribution in [2.24, 2.45) is 5.92 Å². The Balaban J connectivity index is 2.47. The summed E-state index contributed by atoms with van der Waals surface area (Å²) in [5, 5.41) is 16.8. The molecule has 1 rings (SSSR count). The molecule has 1 heterocycles. The van der Waals surface area contributed by atoms with Gasteiger partial charge >= 0.3 is 11.9 Å². The molecule has 0 spiro atoms. The van der Waals surface area contributed by atoms with Crippen LogP contribution in [0.2, 0.25) is 0 Å². The Bertz CT molecular complexity index is 167. The van der Waals surface area contributed by atoms with Gasteiger partial charge in [-0.1, -0.05) is 0 Å². The molecule has 0 aromatic carbocycles. The topological polar surface area (TPSA) is 83.8 Å². The number of aliphatic carboxylic acids is 2. The molecule has 2 N–H and O–H groups in total. The molecule has 0 amide bonds. The molecule has 5 heteroatoms. The van der Waals surface area contributed by atoms with Gasteiger partial charge in [0.05, 0.1) is 12.5 Å². The summed E-state index contributed by atoms with van der Waals surface area (Å²) in [6.45, 7) is 0.00625. The van der Waals surface area contributed by atoms with Gasteiger partial charge in [0, 0.05) is 0 Å². The molecular weight excluding hydrogens is 152 g/mol. The standard InChI is InChI=1S/C6H8O5/c7-5(8)3-1-4(6(9)10)11-2-3/h3-4H,1-2H2,(H,7,8)(H,9,10)/t3-,4+/m0/s1. The lowest BCUT2D eigenvalue weighted by atomic mass is 10.1. The van der Waals surface area contributed by atoms with E-state index in [1.165, 1.54) is 0 Å². The fourth-order valence-corrected chi connectivity index (χ4v) is 0.971. The van der Waals surface area contributed by atoms with Crippen LogP contribution in [0.15, 0.2) is 0 Å². The zero-order chi connectivity index (χ0) is 8.43. The van der Waals surface area contributed by atoms with Crippen LogP contribution in [-0.4, -0.2) is 34.9 Å². The lowest BCUT2D eigenvalue weighted by Crippen LogP contribution is -2.19. The molecule has 62 valence electrons. The molecule has 1 aliphatic rings. The van der Waals surface area contributed by atoms with Crippen LogP contribution in [0, 0.1) is 5.92 Å². The molecule has 11 heavy (non-hydrogen) atoms. The molecule has 1 saturated heterocycles. The first kappa shape index (κ1) is 8.00. The largest absolute Gasteiger partial charge is 0.481 e. The van der Waals surface area contributed by atoms with Crippen molar-refractivity contribution in [2.75, 3.05) is 6.61 Å². The van der Waals surface area contributed by atoms with Gasteiger partial charge in [-0.3, -0.25) is 4.79 Å².